The molecular formula is C11H14BrF2NO2S. The monoisotopic (exact) mass is 341 g/mol. The van der Waals surface area contributed by atoms with E-state index in [1.54, 1.807) is 0 Å². The zero-order valence-corrected chi connectivity index (χ0v) is 12.4. The molecule has 1 aromatic carbocycles. The lowest BCUT2D eigenvalue weighted by atomic mass is 10.1. The molecule has 3 nitrogen and oxygen atoms in total. The molecule has 1 unspecified atom stereocenters. The van der Waals surface area contributed by atoms with Gasteiger partial charge in [-0.25, -0.2) is 21.9 Å². The summed E-state index contributed by atoms with van der Waals surface area (Å²) in [7, 11) is -3.96. The van der Waals surface area contributed by atoms with Gasteiger partial charge >= 0.3 is 0 Å². The molecule has 0 spiro atoms. The molecule has 0 amide bonds. The van der Waals surface area contributed by atoms with Crippen molar-refractivity contribution in [2.75, 3.05) is 6.54 Å². The molecule has 0 aliphatic carbocycles. The topological polar surface area (TPSA) is 46.2 Å². The Morgan fingerprint density at radius 2 is 1.94 bits per heavy atom. The van der Waals surface area contributed by atoms with Crippen molar-refractivity contribution in [3.05, 3.63) is 29.8 Å². The average molecular weight is 342 g/mol. The Hall–Kier alpha value is -0.530. The van der Waals surface area contributed by atoms with E-state index >= 15 is 0 Å². The summed E-state index contributed by atoms with van der Waals surface area (Å²) in [6.07, 6.45) is 0. The van der Waals surface area contributed by atoms with E-state index in [4.69, 9.17) is 0 Å². The highest BCUT2D eigenvalue weighted by molar-refractivity contribution is 9.09. The number of alkyl halides is 1. The summed E-state index contributed by atoms with van der Waals surface area (Å²) in [5.41, 5.74) is 0. The number of sulfonamides is 1. The molecule has 0 aliphatic rings. The van der Waals surface area contributed by atoms with Crippen LogP contribution in [0.25, 0.3) is 0 Å². The lowest BCUT2D eigenvalue weighted by Gasteiger charge is -2.14. The van der Waals surface area contributed by atoms with Crippen LogP contribution in [0.3, 0.4) is 0 Å². The van der Waals surface area contributed by atoms with Gasteiger partial charge in [-0.1, -0.05) is 29.8 Å². The number of hydrogen-bond donors (Lipinski definition) is 1. The van der Waals surface area contributed by atoms with Crippen LogP contribution in [-0.4, -0.2) is 19.8 Å². The van der Waals surface area contributed by atoms with Crippen molar-refractivity contribution in [1.82, 2.24) is 4.72 Å². The van der Waals surface area contributed by atoms with Crippen molar-refractivity contribution in [3.63, 3.8) is 0 Å². The second-order valence-electron chi connectivity index (χ2n) is 4.19. The van der Waals surface area contributed by atoms with Crippen molar-refractivity contribution in [2.45, 2.75) is 23.6 Å². The van der Waals surface area contributed by atoms with E-state index in [0.29, 0.717) is 6.07 Å². The predicted molar refractivity (Wildman–Crippen MR) is 69.1 cm³/mol. The molecule has 7 heteroatoms. The van der Waals surface area contributed by atoms with E-state index in [1.165, 1.54) is 0 Å². The Morgan fingerprint density at radius 1 is 1.33 bits per heavy atom. The second kappa shape index (κ2) is 6.08. The van der Waals surface area contributed by atoms with Gasteiger partial charge in [-0.15, -0.1) is 0 Å². The van der Waals surface area contributed by atoms with E-state index in [2.05, 4.69) is 20.7 Å². The first-order valence-electron chi connectivity index (χ1n) is 5.33. The normalized spacial score (nSPS) is 13.9. The van der Waals surface area contributed by atoms with Gasteiger partial charge < -0.3 is 0 Å². The fourth-order valence-corrected chi connectivity index (χ4v) is 2.69. The van der Waals surface area contributed by atoms with Gasteiger partial charge in [0.1, 0.15) is 16.5 Å². The zero-order chi connectivity index (χ0) is 13.9. The van der Waals surface area contributed by atoms with Crippen molar-refractivity contribution in [2.24, 2.45) is 5.92 Å². The SMILES string of the molecule is CC(C)C(Br)CNS(=O)(=O)c1ccc(F)cc1F. The standard InChI is InChI=1S/C11H14BrF2NO2S/c1-7(2)9(12)6-15-18(16,17)11-4-3-8(13)5-10(11)14/h3-5,7,9,15H,6H2,1-2H3. The minimum Gasteiger partial charge on any atom is -0.210 e. The van der Waals surface area contributed by atoms with E-state index in [-0.39, 0.29) is 17.3 Å². The first-order chi connectivity index (χ1) is 8.24. The van der Waals surface area contributed by atoms with Gasteiger partial charge in [0.05, 0.1) is 0 Å². The number of rotatable bonds is 5. The number of benzene rings is 1. The number of nitrogens with one attached hydrogen (secondary N) is 1. The summed E-state index contributed by atoms with van der Waals surface area (Å²) < 4.78 is 51.9. The molecule has 102 valence electrons. The Morgan fingerprint density at radius 3 is 2.44 bits per heavy atom. The molecule has 0 aliphatic heterocycles. The highest BCUT2D eigenvalue weighted by Crippen LogP contribution is 2.16. The first-order valence-corrected chi connectivity index (χ1v) is 7.72. The fourth-order valence-electron chi connectivity index (χ4n) is 1.20. The van der Waals surface area contributed by atoms with Crippen molar-refractivity contribution in [3.8, 4) is 0 Å². The molecule has 1 rings (SSSR count). The molecule has 0 bridgehead atoms. The van der Waals surface area contributed by atoms with Crippen LogP contribution in [0.15, 0.2) is 23.1 Å². The van der Waals surface area contributed by atoms with Crippen molar-refractivity contribution in [1.29, 1.82) is 0 Å². The van der Waals surface area contributed by atoms with Crippen LogP contribution in [0.2, 0.25) is 0 Å². The summed E-state index contributed by atoms with van der Waals surface area (Å²) in [5.74, 6) is -1.68. The van der Waals surface area contributed by atoms with Crippen LogP contribution >= 0.6 is 15.9 Å². The van der Waals surface area contributed by atoms with Crippen LogP contribution in [0.5, 0.6) is 0 Å². The quantitative estimate of drug-likeness (QED) is 0.837. The van der Waals surface area contributed by atoms with Gasteiger partial charge in [-0.2, -0.15) is 0 Å². The van der Waals surface area contributed by atoms with Crippen LogP contribution < -0.4 is 4.72 Å². The molecule has 0 radical (unpaired) electrons. The van der Waals surface area contributed by atoms with Crippen LogP contribution in [0.4, 0.5) is 8.78 Å². The average Bonchev–Trinajstić information content (AvgIpc) is 2.25. The summed E-state index contributed by atoms with van der Waals surface area (Å²) in [4.78, 5) is -0.608. The predicted octanol–water partition coefficient (Wildman–Crippen LogP) is 2.66. The molecule has 1 atom stereocenters. The summed E-state index contributed by atoms with van der Waals surface area (Å²) in [6.45, 7) is 3.98. The second-order valence-corrected chi connectivity index (χ2v) is 7.10. The fraction of sp³-hybridized carbons (Fsp3) is 0.455. The third-order valence-corrected chi connectivity index (χ3v) is 5.21. The lowest BCUT2D eigenvalue weighted by molar-refractivity contribution is 0.537. The minimum atomic E-state index is -3.96. The van der Waals surface area contributed by atoms with E-state index in [9.17, 15) is 17.2 Å². The molecular weight excluding hydrogens is 328 g/mol. The molecule has 0 saturated carbocycles. The molecule has 0 fully saturated rings. The maximum atomic E-state index is 13.4. The molecule has 0 aromatic heterocycles. The Bertz CT molecular complexity index is 520. The van der Waals surface area contributed by atoms with Gasteiger partial charge in [0.15, 0.2) is 0 Å². The van der Waals surface area contributed by atoms with Crippen LogP contribution in [-0.2, 0) is 10.0 Å². The maximum absolute atomic E-state index is 13.4. The molecule has 18 heavy (non-hydrogen) atoms. The zero-order valence-electron chi connectivity index (χ0n) is 9.95. The van der Waals surface area contributed by atoms with E-state index < -0.39 is 26.6 Å². The lowest BCUT2D eigenvalue weighted by Crippen LogP contribution is -2.32. The highest BCUT2D eigenvalue weighted by Gasteiger charge is 2.21. The summed E-state index contributed by atoms with van der Waals surface area (Å²) >= 11 is 3.32. The minimum absolute atomic E-state index is 0.0595. The van der Waals surface area contributed by atoms with Crippen LogP contribution in [0, 0.1) is 17.6 Å². The third-order valence-electron chi connectivity index (χ3n) is 2.38. The number of hydrogen-bond acceptors (Lipinski definition) is 2. The van der Waals surface area contributed by atoms with Gasteiger partial charge in [0, 0.05) is 17.4 Å². The summed E-state index contributed by atoms with van der Waals surface area (Å²) in [6, 6.07) is 2.36. The maximum Gasteiger partial charge on any atom is 0.243 e. The summed E-state index contributed by atoms with van der Waals surface area (Å²) in [5, 5.41) is 0. The Balaban J connectivity index is 2.87. The smallest absolute Gasteiger partial charge is 0.210 e. The molecule has 1 N–H and O–H groups in total. The Kier molecular flexibility index (Phi) is 5.24. The van der Waals surface area contributed by atoms with E-state index in [1.807, 2.05) is 13.8 Å². The third kappa shape index (κ3) is 4.00. The number of halogens is 3. The van der Waals surface area contributed by atoms with Gasteiger partial charge in [0.25, 0.3) is 0 Å². The Labute approximate surface area is 114 Å². The van der Waals surface area contributed by atoms with Gasteiger partial charge in [-0.05, 0) is 18.1 Å². The van der Waals surface area contributed by atoms with Crippen LogP contribution in [0.1, 0.15) is 13.8 Å². The molecule has 0 heterocycles. The van der Waals surface area contributed by atoms with Crippen molar-refractivity contribution < 1.29 is 17.2 Å². The largest absolute Gasteiger partial charge is 0.243 e. The van der Waals surface area contributed by atoms with Gasteiger partial charge in [-0.3, -0.25) is 0 Å². The molecule has 0 saturated heterocycles. The van der Waals surface area contributed by atoms with Crippen molar-refractivity contribution >= 4 is 26.0 Å². The van der Waals surface area contributed by atoms with Gasteiger partial charge in [0.2, 0.25) is 10.0 Å². The van der Waals surface area contributed by atoms with E-state index in [0.717, 1.165) is 12.1 Å². The first kappa shape index (κ1) is 15.5. The molecule has 1 aromatic rings. The highest BCUT2D eigenvalue weighted by atomic mass is 79.9.